The van der Waals surface area contributed by atoms with Crippen molar-refractivity contribution in [2.24, 2.45) is 0 Å². The van der Waals surface area contributed by atoms with Crippen LogP contribution in [0, 0.1) is 5.82 Å². The van der Waals surface area contributed by atoms with Crippen molar-refractivity contribution in [2.75, 3.05) is 17.1 Å². The van der Waals surface area contributed by atoms with Gasteiger partial charge in [0.1, 0.15) is 18.4 Å². The van der Waals surface area contributed by atoms with Crippen molar-refractivity contribution in [3.05, 3.63) is 98.7 Å². The lowest BCUT2D eigenvalue weighted by molar-refractivity contribution is -0.140. The van der Waals surface area contributed by atoms with Crippen LogP contribution in [0.15, 0.2) is 66.7 Å². The number of carbonyl (C=O) groups is 2. The Morgan fingerprint density at radius 3 is 2.15 bits per heavy atom. The number of hydrogen-bond donors (Lipinski definition) is 1. The molecule has 0 aromatic heterocycles. The Morgan fingerprint density at radius 2 is 1.59 bits per heavy atom. The fraction of sp³-hybridized carbons (Fsp3) is 0.310. The summed E-state index contributed by atoms with van der Waals surface area (Å²) in [6.45, 7) is 2.90. The summed E-state index contributed by atoms with van der Waals surface area (Å²) in [6.07, 6.45) is 1.71. The molecule has 2 amide bonds. The van der Waals surface area contributed by atoms with Gasteiger partial charge in [0.15, 0.2) is 0 Å². The maximum absolute atomic E-state index is 14.1. The van der Waals surface area contributed by atoms with Crippen LogP contribution in [-0.4, -0.2) is 50.0 Å². The van der Waals surface area contributed by atoms with Crippen molar-refractivity contribution in [1.29, 1.82) is 0 Å². The Balaban J connectivity index is 2.12. The van der Waals surface area contributed by atoms with Crippen molar-refractivity contribution < 1.29 is 22.4 Å². The molecule has 0 fully saturated rings. The van der Waals surface area contributed by atoms with E-state index in [0.29, 0.717) is 12.0 Å². The second-order valence-electron chi connectivity index (χ2n) is 9.61. The van der Waals surface area contributed by atoms with Crippen LogP contribution in [0.5, 0.6) is 0 Å². The second-order valence-corrected chi connectivity index (χ2v) is 12.7. The van der Waals surface area contributed by atoms with Crippen LogP contribution in [0.2, 0.25) is 15.1 Å². The quantitative estimate of drug-likeness (QED) is 0.259. The largest absolute Gasteiger partial charge is 0.352 e. The van der Waals surface area contributed by atoms with Crippen LogP contribution in [-0.2, 0) is 32.6 Å². The molecule has 1 N–H and O–H groups in total. The lowest BCUT2D eigenvalue weighted by atomic mass is 10.0. The smallest absolute Gasteiger partial charge is 0.244 e. The zero-order chi connectivity index (χ0) is 30.3. The van der Waals surface area contributed by atoms with Gasteiger partial charge in [-0.2, -0.15) is 0 Å². The molecular weight excluding hydrogens is 612 g/mol. The van der Waals surface area contributed by atoms with Gasteiger partial charge in [0.2, 0.25) is 21.8 Å². The third-order valence-corrected chi connectivity index (χ3v) is 8.67. The Bertz CT molecular complexity index is 1470. The highest BCUT2D eigenvalue weighted by molar-refractivity contribution is 7.92. The van der Waals surface area contributed by atoms with Crippen molar-refractivity contribution in [3.63, 3.8) is 0 Å². The average molecular weight is 643 g/mol. The molecule has 0 saturated carbocycles. The van der Waals surface area contributed by atoms with E-state index >= 15 is 0 Å². The van der Waals surface area contributed by atoms with Crippen molar-refractivity contribution in [2.45, 2.75) is 45.3 Å². The molecule has 3 aromatic rings. The van der Waals surface area contributed by atoms with Crippen LogP contribution in [0.4, 0.5) is 10.1 Å². The van der Waals surface area contributed by atoms with E-state index in [0.717, 1.165) is 28.3 Å². The van der Waals surface area contributed by atoms with Gasteiger partial charge >= 0.3 is 0 Å². The summed E-state index contributed by atoms with van der Waals surface area (Å²) in [7, 11) is -4.04. The normalized spacial score (nSPS) is 12.9. The first-order valence-corrected chi connectivity index (χ1v) is 15.8. The minimum absolute atomic E-state index is 0.00774. The van der Waals surface area contributed by atoms with Gasteiger partial charge in [0, 0.05) is 34.6 Å². The van der Waals surface area contributed by atoms with E-state index in [2.05, 4.69) is 5.32 Å². The number of amides is 2. The monoisotopic (exact) mass is 641 g/mol. The van der Waals surface area contributed by atoms with Crippen molar-refractivity contribution in [1.82, 2.24) is 10.2 Å². The summed E-state index contributed by atoms with van der Waals surface area (Å²) in [5.74, 6) is -1.86. The molecule has 0 aliphatic rings. The fourth-order valence-corrected chi connectivity index (χ4v) is 5.64. The molecule has 41 heavy (non-hydrogen) atoms. The van der Waals surface area contributed by atoms with E-state index < -0.39 is 40.2 Å². The summed E-state index contributed by atoms with van der Waals surface area (Å²) >= 11 is 18.8. The molecule has 3 rings (SSSR count). The molecule has 0 saturated heterocycles. The van der Waals surface area contributed by atoms with Crippen LogP contribution in [0.3, 0.4) is 0 Å². The number of halogens is 4. The molecule has 7 nitrogen and oxygen atoms in total. The summed E-state index contributed by atoms with van der Waals surface area (Å²) in [4.78, 5) is 29.1. The van der Waals surface area contributed by atoms with Crippen LogP contribution < -0.4 is 9.62 Å². The van der Waals surface area contributed by atoms with Gasteiger partial charge in [-0.25, -0.2) is 12.8 Å². The lowest BCUT2D eigenvalue weighted by Crippen LogP contribution is -2.54. The zero-order valence-corrected chi connectivity index (χ0v) is 25.9. The Labute approximate surface area is 255 Å². The number of hydrogen-bond acceptors (Lipinski definition) is 4. The topological polar surface area (TPSA) is 86.8 Å². The summed E-state index contributed by atoms with van der Waals surface area (Å²) in [6, 6.07) is 16.1. The van der Waals surface area contributed by atoms with E-state index in [1.54, 1.807) is 18.2 Å². The highest BCUT2D eigenvalue weighted by Crippen LogP contribution is 2.29. The SMILES string of the molecule is CC[C@H](C)NC(=O)[C@H](Cc1ccccc1)N(Cc1c(Cl)cccc1Cl)C(=O)CN(c1ccc(F)c(Cl)c1)S(C)(=O)=O. The van der Waals surface area contributed by atoms with E-state index in [1.807, 2.05) is 44.2 Å². The molecule has 0 radical (unpaired) electrons. The molecule has 0 bridgehead atoms. The molecule has 2 atom stereocenters. The molecule has 12 heteroatoms. The number of carbonyl (C=O) groups excluding carboxylic acids is 2. The highest BCUT2D eigenvalue weighted by atomic mass is 35.5. The number of nitrogens with zero attached hydrogens (tertiary/aromatic N) is 2. The fourth-order valence-electron chi connectivity index (χ4n) is 4.10. The predicted octanol–water partition coefficient (Wildman–Crippen LogP) is 6.11. The Morgan fingerprint density at radius 1 is 0.951 bits per heavy atom. The molecule has 0 aliphatic heterocycles. The minimum atomic E-state index is -4.04. The van der Waals surface area contributed by atoms with Gasteiger partial charge in [-0.1, -0.05) is 78.1 Å². The Kier molecular flexibility index (Phi) is 11.4. The zero-order valence-electron chi connectivity index (χ0n) is 22.8. The average Bonchev–Trinajstić information content (AvgIpc) is 2.92. The second kappa shape index (κ2) is 14.4. The minimum Gasteiger partial charge on any atom is -0.352 e. The van der Waals surface area contributed by atoms with Crippen LogP contribution in [0.25, 0.3) is 0 Å². The Hall–Kier alpha value is -2.85. The van der Waals surface area contributed by atoms with E-state index in [-0.39, 0.29) is 39.8 Å². The van der Waals surface area contributed by atoms with E-state index in [4.69, 9.17) is 34.8 Å². The van der Waals surface area contributed by atoms with Crippen molar-refractivity contribution in [3.8, 4) is 0 Å². The molecule has 0 aliphatic carbocycles. The maximum Gasteiger partial charge on any atom is 0.244 e. The van der Waals surface area contributed by atoms with Gasteiger partial charge in [-0.05, 0) is 49.2 Å². The van der Waals surface area contributed by atoms with Gasteiger partial charge in [-0.3, -0.25) is 13.9 Å². The standard InChI is InChI=1S/C29H31Cl3FN3O4S/c1-4-19(2)34-29(38)27(15-20-9-6-5-7-10-20)35(17-22-23(30)11-8-12-24(22)31)28(37)18-36(41(3,39)40)21-13-14-26(33)25(32)16-21/h5-14,16,19,27H,4,15,17-18H2,1-3H3,(H,34,38)/t19-,27-/m0/s1. The third-order valence-electron chi connectivity index (χ3n) is 6.53. The van der Waals surface area contributed by atoms with Gasteiger partial charge < -0.3 is 10.2 Å². The van der Waals surface area contributed by atoms with Crippen LogP contribution >= 0.6 is 34.8 Å². The highest BCUT2D eigenvalue weighted by Gasteiger charge is 2.34. The van der Waals surface area contributed by atoms with Gasteiger partial charge in [0.05, 0.1) is 17.0 Å². The van der Waals surface area contributed by atoms with E-state index in [9.17, 15) is 22.4 Å². The number of sulfonamides is 1. The lowest BCUT2D eigenvalue weighted by Gasteiger charge is -2.34. The predicted molar refractivity (Wildman–Crippen MR) is 162 cm³/mol. The maximum atomic E-state index is 14.1. The first kappa shape index (κ1) is 32.7. The van der Waals surface area contributed by atoms with Crippen molar-refractivity contribution >= 4 is 62.3 Å². The van der Waals surface area contributed by atoms with Gasteiger partial charge in [0.25, 0.3) is 0 Å². The summed E-state index contributed by atoms with van der Waals surface area (Å²) < 4.78 is 40.3. The molecule has 220 valence electrons. The van der Waals surface area contributed by atoms with Gasteiger partial charge in [-0.15, -0.1) is 0 Å². The molecule has 0 spiro atoms. The van der Waals surface area contributed by atoms with E-state index in [1.165, 1.54) is 11.0 Å². The molecule has 3 aromatic carbocycles. The molecule has 0 heterocycles. The first-order chi connectivity index (χ1) is 19.3. The third kappa shape index (κ3) is 8.82. The molecular formula is C29H31Cl3FN3O4S. The molecule has 0 unspecified atom stereocenters. The number of nitrogens with one attached hydrogen (secondary N) is 1. The summed E-state index contributed by atoms with van der Waals surface area (Å²) in [5, 5.41) is 3.19. The number of anilines is 1. The summed E-state index contributed by atoms with van der Waals surface area (Å²) in [5.41, 5.74) is 1.17. The first-order valence-electron chi connectivity index (χ1n) is 12.8. The number of benzene rings is 3. The number of rotatable bonds is 12. The van der Waals surface area contributed by atoms with Crippen LogP contribution in [0.1, 0.15) is 31.4 Å².